The van der Waals surface area contributed by atoms with Crippen molar-refractivity contribution >= 4 is 28.4 Å². The molecule has 1 aliphatic rings. The maximum atomic E-state index is 13.1. The number of carbonyl (C=O) groups is 2. The SMILES string of the molecule is CCN1CCN(C(=O)c2cc3cc(NC(=O)C(C)C)ccc3n2CC)CC1. The lowest BCUT2D eigenvalue weighted by molar-refractivity contribution is -0.118. The third kappa shape index (κ3) is 4.00. The molecule has 3 rings (SSSR count). The van der Waals surface area contributed by atoms with Crippen molar-refractivity contribution in [2.75, 3.05) is 38.0 Å². The summed E-state index contributed by atoms with van der Waals surface area (Å²) in [6, 6.07) is 7.80. The molecule has 0 unspecified atom stereocenters. The number of hydrogen-bond acceptors (Lipinski definition) is 3. The molecule has 0 spiro atoms. The van der Waals surface area contributed by atoms with E-state index in [1.54, 1.807) is 0 Å². The molecule has 27 heavy (non-hydrogen) atoms. The predicted molar refractivity (Wildman–Crippen MR) is 109 cm³/mol. The molecule has 2 amide bonds. The Hall–Kier alpha value is -2.34. The zero-order valence-corrected chi connectivity index (χ0v) is 16.8. The molecule has 2 heterocycles. The van der Waals surface area contributed by atoms with Crippen LogP contribution >= 0.6 is 0 Å². The van der Waals surface area contributed by atoms with Crippen LogP contribution in [0.15, 0.2) is 24.3 Å². The summed E-state index contributed by atoms with van der Waals surface area (Å²) in [4.78, 5) is 29.4. The Morgan fingerprint density at radius 3 is 2.33 bits per heavy atom. The Morgan fingerprint density at radius 1 is 1.04 bits per heavy atom. The summed E-state index contributed by atoms with van der Waals surface area (Å²) in [5, 5.41) is 3.92. The smallest absolute Gasteiger partial charge is 0.270 e. The van der Waals surface area contributed by atoms with Gasteiger partial charge in [0.15, 0.2) is 0 Å². The highest BCUT2D eigenvalue weighted by molar-refractivity contribution is 6.00. The Balaban J connectivity index is 1.87. The van der Waals surface area contributed by atoms with Gasteiger partial charge in [0.1, 0.15) is 5.69 Å². The van der Waals surface area contributed by atoms with Gasteiger partial charge in [0, 0.05) is 55.2 Å². The quantitative estimate of drug-likeness (QED) is 0.880. The van der Waals surface area contributed by atoms with Crippen molar-refractivity contribution in [1.82, 2.24) is 14.4 Å². The van der Waals surface area contributed by atoms with Crippen LogP contribution in [-0.2, 0) is 11.3 Å². The highest BCUT2D eigenvalue weighted by atomic mass is 16.2. The van der Waals surface area contributed by atoms with E-state index in [0.29, 0.717) is 0 Å². The van der Waals surface area contributed by atoms with Gasteiger partial charge in [-0.15, -0.1) is 0 Å². The molecular formula is C21H30N4O2. The number of likely N-dealkylation sites (N-methyl/N-ethyl adjacent to an activating group) is 1. The molecule has 1 aromatic heterocycles. The van der Waals surface area contributed by atoms with Gasteiger partial charge in [-0.25, -0.2) is 0 Å². The van der Waals surface area contributed by atoms with E-state index in [1.807, 2.05) is 43.0 Å². The summed E-state index contributed by atoms with van der Waals surface area (Å²) in [6.07, 6.45) is 0. The van der Waals surface area contributed by atoms with Crippen molar-refractivity contribution in [3.05, 3.63) is 30.0 Å². The van der Waals surface area contributed by atoms with Crippen LogP contribution in [0, 0.1) is 5.92 Å². The third-order valence-electron chi connectivity index (χ3n) is 5.34. The summed E-state index contributed by atoms with van der Waals surface area (Å²) in [7, 11) is 0. The number of aromatic nitrogens is 1. The van der Waals surface area contributed by atoms with Crippen molar-refractivity contribution in [3.63, 3.8) is 0 Å². The van der Waals surface area contributed by atoms with Gasteiger partial charge in [-0.2, -0.15) is 0 Å². The molecule has 6 nitrogen and oxygen atoms in total. The summed E-state index contributed by atoms with van der Waals surface area (Å²) < 4.78 is 2.07. The monoisotopic (exact) mass is 370 g/mol. The molecule has 0 aliphatic carbocycles. The van der Waals surface area contributed by atoms with E-state index in [9.17, 15) is 9.59 Å². The van der Waals surface area contributed by atoms with Gasteiger partial charge in [0.05, 0.1) is 0 Å². The molecule has 1 aromatic carbocycles. The Bertz CT molecular complexity index is 832. The second-order valence-electron chi connectivity index (χ2n) is 7.42. The summed E-state index contributed by atoms with van der Waals surface area (Å²) >= 11 is 0. The van der Waals surface area contributed by atoms with Crippen molar-refractivity contribution in [3.8, 4) is 0 Å². The average molecular weight is 370 g/mol. The lowest BCUT2D eigenvalue weighted by atomic mass is 10.2. The van der Waals surface area contributed by atoms with E-state index in [1.165, 1.54) is 0 Å². The number of anilines is 1. The number of rotatable bonds is 5. The van der Waals surface area contributed by atoms with Gasteiger partial charge in [-0.05, 0) is 37.7 Å². The zero-order valence-electron chi connectivity index (χ0n) is 16.8. The first kappa shape index (κ1) is 19.4. The number of benzene rings is 1. The fraction of sp³-hybridized carbons (Fsp3) is 0.524. The second-order valence-corrected chi connectivity index (χ2v) is 7.42. The first-order valence-electron chi connectivity index (χ1n) is 9.90. The van der Waals surface area contributed by atoms with Crippen LogP contribution in [0.3, 0.4) is 0 Å². The van der Waals surface area contributed by atoms with Gasteiger partial charge in [0.25, 0.3) is 5.91 Å². The number of hydrogen-bond donors (Lipinski definition) is 1. The Labute approximate surface area is 161 Å². The predicted octanol–water partition coefficient (Wildman–Crippen LogP) is 3.03. The van der Waals surface area contributed by atoms with Crippen molar-refractivity contribution < 1.29 is 9.59 Å². The minimum Gasteiger partial charge on any atom is -0.337 e. The number of piperazine rings is 1. The molecule has 1 N–H and O–H groups in total. The lowest BCUT2D eigenvalue weighted by Crippen LogP contribution is -2.48. The van der Waals surface area contributed by atoms with Crippen LogP contribution in [0.5, 0.6) is 0 Å². The molecule has 0 atom stereocenters. The largest absolute Gasteiger partial charge is 0.337 e. The van der Waals surface area contributed by atoms with Crippen LogP contribution in [-0.4, -0.2) is 58.9 Å². The zero-order chi connectivity index (χ0) is 19.6. The molecule has 0 saturated carbocycles. The van der Waals surface area contributed by atoms with Gasteiger partial charge in [-0.3, -0.25) is 9.59 Å². The maximum absolute atomic E-state index is 13.1. The minimum absolute atomic E-state index is 0.00521. The van der Waals surface area contributed by atoms with Crippen LogP contribution in [0.4, 0.5) is 5.69 Å². The highest BCUT2D eigenvalue weighted by Gasteiger charge is 2.24. The van der Waals surface area contributed by atoms with E-state index in [2.05, 4.69) is 28.6 Å². The molecule has 6 heteroatoms. The summed E-state index contributed by atoms with van der Waals surface area (Å²) in [5.74, 6) is 0.0193. The molecule has 1 aliphatic heterocycles. The normalized spacial score (nSPS) is 15.5. The lowest BCUT2D eigenvalue weighted by Gasteiger charge is -2.34. The Kier molecular flexibility index (Phi) is 5.85. The molecule has 146 valence electrons. The molecular weight excluding hydrogens is 340 g/mol. The molecule has 0 radical (unpaired) electrons. The molecule has 1 saturated heterocycles. The number of amides is 2. The van der Waals surface area contributed by atoms with Gasteiger partial charge >= 0.3 is 0 Å². The Morgan fingerprint density at radius 2 is 1.74 bits per heavy atom. The number of carbonyl (C=O) groups excluding carboxylic acids is 2. The molecule has 1 fully saturated rings. The number of aryl methyl sites for hydroxylation is 1. The van der Waals surface area contributed by atoms with Gasteiger partial charge in [0.2, 0.25) is 5.91 Å². The minimum atomic E-state index is -0.0696. The topological polar surface area (TPSA) is 57.6 Å². The molecule has 0 bridgehead atoms. The van der Waals surface area contributed by atoms with E-state index < -0.39 is 0 Å². The van der Waals surface area contributed by atoms with E-state index in [0.717, 1.165) is 61.6 Å². The van der Waals surface area contributed by atoms with Gasteiger partial charge in [-0.1, -0.05) is 20.8 Å². The maximum Gasteiger partial charge on any atom is 0.270 e. The van der Waals surface area contributed by atoms with Gasteiger partial charge < -0.3 is 19.7 Å². The molecule has 2 aromatic rings. The first-order valence-corrected chi connectivity index (χ1v) is 9.90. The van der Waals surface area contributed by atoms with E-state index >= 15 is 0 Å². The number of nitrogens with zero attached hydrogens (tertiary/aromatic N) is 3. The van der Waals surface area contributed by atoms with E-state index in [4.69, 9.17) is 0 Å². The standard InChI is InChI=1S/C21H30N4O2/c1-5-23-9-11-24(12-10-23)21(27)19-14-16-13-17(22-20(26)15(3)4)7-8-18(16)25(19)6-2/h7-8,13-15H,5-6,9-12H2,1-4H3,(H,22,26). The summed E-state index contributed by atoms with van der Waals surface area (Å²) in [6.45, 7) is 13.1. The summed E-state index contributed by atoms with van der Waals surface area (Å²) in [5.41, 5.74) is 2.52. The van der Waals surface area contributed by atoms with Crippen LogP contribution in [0.25, 0.3) is 10.9 Å². The highest BCUT2D eigenvalue weighted by Crippen LogP contribution is 2.25. The second kappa shape index (κ2) is 8.13. The number of nitrogens with one attached hydrogen (secondary N) is 1. The van der Waals surface area contributed by atoms with Crippen LogP contribution in [0.2, 0.25) is 0 Å². The average Bonchev–Trinajstić information content (AvgIpc) is 3.05. The number of fused-ring (bicyclic) bond motifs is 1. The van der Waals surface area contributed by atoms with E-state index in [-0.39, 0.29) is 17.7 Å². The fourth-order valence-electron chi connectivity index (χ4n) is 3.58. The van der Waals surface area contributed by atoms with Crippen LogP contribution < -0.4 is 5.32 Å². The van der Waals surface area contributed by atoms with Crippen molar-refractivity contribution in [2.24, 2.45) is 5.92 Å². The van der Waals surface area contributed by atoms with Crippen molar-refractivity contribution in [2.45, 2.75) is 34.2 Å². The fourth-order valence-corrected chi connectivity index (χ4v) is 3.58. The van der Waals surface area contributed by atoms with Crippen LogP contribution in [0.1, 0.15) is 38.2 Å². The van der Waals surface area contributed by atoms with Crippen molar-refractivity contribution in [1.29, 1.82) is 0 Å². The first-order chi connectivity index (χ1) is 12.9. The third-order valence-corrected chi connectivity index (χ3v) is 5.34.